The number of carbonyl (C=O) groups excluding carboxylic acids is 1. The van der Waals surface area contributed by atoms with Crippen molar-refractivity contribution in [1.29, 1.82) is 0 Å². The van der Waals surface area contributed by atoms with E-state index in [9.17, 15) is 14.0 Å². The third-order valence-corrected chi connectivity index (χ3v) is 5.51. The molecule has 6 nitrogen and oxygen atoms in total. The van der Waals surface area contributed by atoms with Gasteiger partial charge in [0.1, 0.15) is 5.82 Å². The lowest BCUT2D eigenvalue weighted by molar-refractivity contribution is 0.102. The molecule has 0 saturated carbocycles. The van der Waals surface area contributed by atoms with Crippen molar-refractivity contribution < 1.29 is 9.18 Å². The monoisotopic (exact) mass is 458 g/mol. The van der Waals surface area contributed by atoms with Gasteiger partial charge in [-0.2, -0.15) is 0 Å². The molecule has 0 aliphatic carbocycles. The Morgan fingerprint density at radius 3 is 2.46 bits per heavy atom. The number of rotatable bonds is 5. The molecule has 28 heavy (non-hydrogen) atoms. The van der Waals surface area contributed by atoms with Crippen LogP contribution in [-0.4, -0.2) is 30.7 Å². The van der Waals surface area contributed by atoms with Crippen LogP contribution >= 0.6 is 27.7 Å². The number of benzene rings is 2. The van der Waals surface area contributed by atoms with Crippen molar-refractivity contribution in [2.75, 3.05) is 5.75 Å². The highest BCUT2D eigenvalue weighted by Crippen LogP contribution is 2.19. The number of hydrogen-bond donors (Lipinski definition) is 0. The molecular weight excluding hydrogens is 447 g/mol. The van der Waals surface area contributed by atoms with Gasteiger partial charge in [-0.15, -0.1) is 10.2 Å². The second kappa shape index (κ2) is 7.69. The first kappa shape index (κ1) is 18.6. The van der Waals surface area contributed by atoms with Gasteiger partial charge in [0.2, 0.25) is 5.65 Å². The minimum Gasteiger partial charge on any atom is -0.293 e. The molecule has 4 rings (SSSR count). The minimum absolute atomic E-state index is 0.0473. The van der Waals surface area contributed by atoms with Crippen molar-refractivity contribution in [3.63, 3.8) is 0 Å². The second-order valence-electron chi connectivity index (χ2n) is 5.84. The fourth-order valence-corrected chi connectivity index (χ4v) is 3.69. The number of hydrogen-bond acceptors (Lipinski definition) is 5. The van der Waals surface area contributed by atoms with Crippen molar-refractivity contribution >= 4 is 39.1 Å². The van der Waals surface area contributed by atoms with Crippen LogP contribution in [0, 0.1) is 5.82 Å². The second-order valence-corrected chi connectivity index (χ2v) is 7.70. The zero-order valence-electron chi connectivity index (χ0n) is 14.3. The summed E-state index contributed by atoms with van der Waals surface area (Å²) >= 11 is 4.54. The molecule has 140 valence electrons. The summed E-state index contributed by atoms with van der Waals surface area (Å²) in [5.74, 6) is -0.257. The molecule has 0 saturated heterocycles. The molecule has 0 fully saturated rings. The van der Waals surface area contributed by atoms with E-state index in [1.807, 2.05) is 12.1 Å². The molecule has 9 heteroatoms. The molecule has 0 radical (unpaired) electrons. The Morgan fingerprint density at radius 2 is 1.75 bits per heavy atom. The first-order valence-electron chi connectivity index (χ1n) is 8.17. The Balaban J connectivity index is 1.58. The van der Waals surface area contributed by atoms with E-state index in [-0.39, 0.29) is 28.6 Å². The first-order valence-corrected chi connectivity index (χ1v) is 9.95. The summed E-state index contributed by atoms with van der Waals surface area (Å²) in [5, 5.41) is 8.43. The van der Waals surface area contributed by atoms with Gasteiger partial charge < -0.3 is 0 Å². The van der Waals surface area contributed by atoms with Crippen LogP contribution in [0.2, 0.25) is 0 Å². The van der Waals surface area contributed by atoms with E-state index in [0.29, 0.717) is 16.4 Å². The maximum absolute atomic E-state index is 13.1. The Labute approximate surface area is 171 Å². The maximum Gasteiger partial charge on any atom is 0.300 e. The molecule has 4 aromatic rings. The Bertz CT molecular complexity index is 1220. The van der Waals surface area contributed by atoms with E-state index in [1.54, 1.807) is 28.9 Å². The van der Waals surface area contributed by atoms with Crippen LogP contribution in [0.3, 0.4) is 0 Å². The summed E-state index contributed by atoms with van der Waals surface area (Å²) in [6.45, 7) is 0. The highest BCUT2D eigenvalue weighted by molar-refractivity contribution is 9.10. The summed E-state index contributed by atoms with van der Waals surface area (Å²) in [6.07, 6.45) is 3.21. The van der Waals surface area contributed by atoms with E-state index >= 15 is 0 Å². The van der Waals surface area contributed by atoms with E-state index < -0.39 is 0 Å². The van der Waals surface area contributed by atoms with Crippen LogP contribution in [0.25, 0.3) is 11.3 Å². The largest absolute Gasteiger partial charge is 0.300 e. The number of nitrogens with zero attached hydrogens (tertiary/aromatic N) is 4. The normalized spacial score (nSPS) is 11.1. The first-order chi connectivity index (χ1) is 13.5. The molecule has 2 aromatic heterocycles. The topological polar surface area (TPSA) is 69.3 Å². The number of carbonyl (C=O) groups is 1. The lowest BCUT2D eigenvalue weighted by Gasteiger charge is -2.06. The van der Waals surface area contributed by atoms with Gasteiger partial charge in [0, 0.05) is 28.1 Å². The average molecular weight is 459 g/mol. The third kappa shape index (κ3) is 3.63. The molecule has 0 unspecified atom stereocenters. The smallest absolute Gasteiger partial charge is 0.293 e. The minimum atomic E-state index is -0.382. The van der Waals surface area contributed by atoms with Crippen LogP contribution in [-0.2, 0) is 0 Å². The van der Waals surface area contributed by atoms with Gasteiger partial charge in [-0.25, -0.2) is 4.39 Å². The summed E-state index contributed by atoms with van der Waals surface area (Å²) in [7, 11) is 0. The predicted molar refractivity (Wildman–Crippen MR) is 108 cm³/mol. The number of fused-ring (bicyclic) bond motifs is 1. The van der Waals surface area contributed by atoms with Crippen molar-refractivity contribution in [3.05, 3.63) is 87.1 Å². The SMILES string of the molecule is O=C(CSc1nnc2c(=O)n(-c3ccc(F)cc3)ccn12)c1ccc(Br)cc1. The quantitative estimate of drug-likeness (QED) is 0.336. The fourth-order valence-electron chi connectivity index (χ4n) is 2.62. The number of aromatic nitrogens is 4. The average Bonchev–Trinajstić information content (AvgIpc) is 3.12. The molecule has 0 atom stereocenters. The van der Waals surface area contributed by atoms with Gasteiger partial charge in [0.15, 0.2) is 10.9 Å². The van der Waals surface area contributed by atoms with Gasteiger partial charge in [-0.1, -0.05) is 39.8 Å². The van der Waals surface area contributed by atoms with Gasteiger partial charge >= 0.3 is 5.56 Å². The van der Waals surface area contributed by atoms with Crippen molar-refractivity contribution in [3.8, 4) is 5.69 Å². The van der Waals surface area contributed by atoms with Crippen LogP contribution in [0.4, 0.5) is 4.39 Å². The summed E-state index contributed by atoms with van der Waals surface area (Å²) in [6, 6.07) is 12.7. The van der Waals surface area contributed by atoms with Gasteiger partial charge in [0.05, 0.1) is 5.75 Å². The van der Waals surface area contributed by atoms with Crippen molar-refractivity contribution in [2.24, 2.45) is 0 Å². The molecule has 2 heterocycles. The maximum atomic E-state index is 13.1. The molecule has 2 aromatic carbocycles. The van der Waals surface area contributed by atoms with E-state index in [2.05, 4.69) is 26.1 Å². The van der Waals surface area contributed by atoms with E-state index in [0.717, 1.165) is 4.47 Å². The van der Waals surface area contributed by atoms with E-state index in [1.165, 1.54) is 40.6 Å². The van der Waals surface area contributed by atoms with Crippen molar-refractivity contribution in [1.82, 2.24) is 19.2 Å². The highest BCUT2D eigenvalue weighted by atomic mass is 79.9. The Kier molecular flexibility index (Phi) is 5.10. The molecule has 0 amide bonds. The van der Waals surface area contributed by atoms with Crippen LogP contribution in [0.1, 0.15) is 10.4 Å². The molecule has 0 N–H and O–H groups in total. The van der Waals surface area contributed by atoms with Gasteiger partial charge in [-0.05, 0) is 36.4 Å². The van der Waals surface area contributed by atoms with E-state index in [4.69, 9.17) is 0 Å². The lowest BCUT2D eigenvalue weighted by atomic mass is 10.2. The van der Waals surface area contributed by atoms with Crippen molar-refractivity contribution in [2.45, 2.75) is 5.16 Å². The number of Topliss-reactive ketones (excluding diaryl/α,β-unsaturated/α-hetero) is 1. The highest BCUT2D eigenvalue weighted by Gasteiger charge is 2.14. The standard InChI is InChI=1S/C19H12BrFN4O2S/c20-13-3-1-12(2-4-13)16(26)11-28-19-23-22-17-18(27)24(9-10-25(17)19)15-7-5-14(21)6-8-15/h1-10H,11H2. The molecular formula is C19H12BrFN4O2S. The summed E-state index contributed by atoms with van der Waals surface area (Å²) in [4.78, 5) is 25.0. The number of ketones is 1. The number of halogens is 2. The Hall–Kier alpha value is -2.78. The Morgan fingerprint density at radius 1 is 1.04 bits per heavy atom. The predicted octanol–water partition coefficient (Wildman–Crippen LogP) is 3.76. The van der Waals surface area contributed by atoms with Crippen LogP contribution in [0.5, 0.6) is 0 Å². The van der Waals surface area contributed by atoms with Crippen LogP contribution < -0.4 is 5.56 Å². The molecule has 0 aliphatic rings. The number of thioether (sulfide) groups is 1. The molecule has 0 spiro atoms. The fraction of sp³-hybridized carbons (Fsp3) is 0.0526. The third-order valence-electron chi connectivity index (χ3n) is 4.04. The molecule has 0 aliphatic heterocycles. The van der Waals surface area contributed by atoms with Gasteiger partial charge in [0.25, 0.3) is 0 Å². The summed E-state index contributed by atoms with van der Waals surface area (Å²) < 4.78 is 16.9. The summed E-state index contributed by atoms with van der Waals surface area (Å²) in [5.41, 5.74) is 0.873. The molecule has 0 bridgehead atoms. The zero-order valence-corrected chi connectivity index (χ0v) is 16.7. The van der Waals surface area contributed by atoms with Gasteiger partial charge in [-0.3, -0.25) is 18.6 Å². The zero-order chi connectivity index (χ0) is 19.7. The lowest BCUT2D eigenvalue weighted by Crippen LogP contribution is -2.20. The van der Waals surface area contributed by atoms with Crippen LogP contribution in [0.15, 0.2) is 75.3 Å².